The molecule has 6 nitrogen and oxygen atoms in total. The minimum Gasteiger partial charge on any atom is -0.457 e. The van der Waals surface area contributed by atoms with E-state index in [0.717, 1.165) is 50.8 Å². The highest BCUT2D eigenvalue weighted by atomic mass is 16.9. The number of pyridine rings is 1. The third-order valence-electron chi connectivity index (χ3n) is 9.66. The van der Waals surface area contributed by atoms with E-state index >= 15 is 0 Å². The quantitative estimate of drug-likeness (QED) is 0.169. The fourth-order valence-electron chi connectivity index (χ4n) is 7.30. The first-order valence-corrected chi connectivity index (χ1v) is 17.9. The molecule has 0 bridgehead atoms. The number of ether oxygens (including phenoxy) is 1. The van der Waals surface area contributed by atoms with Crippen LogP contribution >= 0.6 is 0 Å². The molecule has 2 aromatic heterocycles. The van der Waals surface area contributed by atoms with Gasteiger partial charge in [-0.05, 0) is 109 Å². The van der Waals surface area contributed by atoms with Crippen molar-refractivity contribution in [3.8, 4) is 28.4 Å². The largest absolute Gasteiger partial charge is 0.457 e. The Morgan fingerprint density at radius 1 is 0.627 bits per heavy atom. The molecule has 7 aromatic rings. The molecule has 256 valence electrons. The molecule has 1 aliphatic heterocycles. The lowest BCUT2D eigenvalue weighted by Gasteiger charge is -2.31. The Labute approximate surface area is 300 Å². The van der Waals surface area contributed by atoms with Crippen molar-refractivity contribution in [3.05, 3.63) is 139 Å². The van der Waals surface area contributed by atoms with Gasteiger partial charge in [0.2, 0.25) is 0 Å². The standard InChI is InChI=1S/C45H44N4O2/c1-29(2)35-17-13-18-36(30(3)4)44(35)31-24-25-46-43(26-31)47-39-19-9-8-16-37(39)38-23-22-34(28-42(38)47)50-33-15-12-14-32(27-33)48-40-20-10-11-21-41(40)49(51-48)45(5,6)7/h8-30H,1-7H3. The van der Waals surface area contributed by atoms with Crippen LogP contribution in [0.4, 0.5) is 17.1 Å². The number of benzene rings is 5. The van der Waals surface area contributed by atoms with Crippen molar-refractivity contribution in [2.45, 2.75) is 65.8 Å². The molecule has 0 unspecified atom stereocenters. The monoisotopic (exact) mass is 672 g/mol. The highest BCUT2D eigenvalue weighted by Crippen LogP contribution is 2.45. The van der Waals surface area contributed by atoms with Crippen molar-refractivity contribution in [2.24, 2.45) is 0 Å². The second kappa shape index (κ2) is 12.6. The van der Waals surface area contributed by atoms with Gasteiger partial charge in [0.25, 0.3) is 0 Å². The maximum absolute atomic E-state index is 6.60. The number of anilines is 3. The van der Waals surface area contributed by atoms with Crippen molar-refractivity contribution in [1.29, 1.82) is 0 Å². The van der Waals surface area contributed by atoms with Gasteiger partial charge in [-0.1, -0.05) is 82.3 Å². The Balaban J connectivity index is 1.20. The molecule has 51 heavy (non-hydrogen) atoms. The summed E-state index contributed by atoms with van der Waals surface area (Å²) in [4.78, 5) is 11.4. The van der Waals surface area contributed by atoms with Gasteiger partial charge in [0.15, 0.2) is 0 Å². The highest BCUT2D eigenvalue weighted by molar-refractivity contribution is 6.09. The Morgan fingerprint density at radius 2 is 1.29 bits per heavy atom. The number of para-hydroxylation sites is 3. The second-order valence-electron chi connectivity index (χ2n) is 15.0. The summed E-state index contributed by atoms with van der Waals surface area (Å²) in [6.45, 7) is 15.5. The van der Waals surface area contributed by atoms with Crippen LogP contribution in [0, 0.1) is 0 Å². The predicted octanol–water partition coefficient (Wildman–Crippen LogP) is 12.5. The van der Waals surface area contributed by atoms with Crippen LogP contribution in [0.2, 0.25) is 0 Å². The normalized spacial score (nSPS) is 13.2. The maximum Gasteiger partial charge on any atom is 0.138 e. The summed E-state index contributed by atoms with van der Waals surface area (Å²) < 4.78 is 8.87. The summed E-state index contributed by atoms with van der Waals surface area (Å²) in [6.07, 6.45) is 1.94. The van der Waals surface area contributed by atoms with Gasteiger partial charge >= 0.3 is 0 Å². The van der Waals surface area contributed by atoms with E-state index in [4.69, 9.17) is 14.7 Å². The van der Waals surface area contributed by atoms with Crippen LogP contribution in [-0.2, 0) is 4.94 Å². The third-order valence-corrected chi connectivity index (χ3v) is 9.66. The molecular weight excluding hydrogens is 629 g/mol. The van der Waals surface area contributed by atoms with E-state index < -0.39 is 0 Å². The summed E-state index contributed by atoms with van der Waals surface area (Å²) in [7, 11) is 0. The van der Waals surface area contributed by atoms with Crippen LogP contribution in [0.1, 0.15) is 71.4 Å². The van der Waals surface area contributed by atoms with E-state index in [1.807, 2.05) is 58.8 Å². The summed E-state index contributed by atoms with van der Waals surface area (Å²) in [6, 6.07) is 42.3. The minimum absolute atomic E-state index is 0.226. The number of hydroxylamine groups is 1. The van der Waals surface area contributed by atoms with Gasteiger partial charge in [0, 0.05) is 29.1 Å². The summed E-state index contributed by atoms with van der Waals surface area (Å²) in [5, 5.41) is 6.15. The highest BCUT2D eigenvalue weighted by Gasteiger charge is 2.35. The van der Waals surface area contributed by atoms with Crippen LogP contribution in [0.3, 0.4) is 0 Å². The van der Waals surface area contributed by atoms with E-state index in [-0.39, 0.29) is 5.54 Å². The molecule has 0 atom stereocenters. The molecule has 1 aliphatic rings. The Kier molecular flexibility index (Phi) is 8.07. The molecule has 8 rings (SSSR count). The Bertz CT molecular complexity index is 2370. The van der Waals surface area contributed by atoms with Crippen molar-refractivity contribution >= 4 is 38.9 Å². The van der Waals surface area contributed by atoms with Gasteiger partial charge in [-0.15, -0.1) is 4.94 Å². The number of nitrogens with zero attached hydrogens (tertiary/aromatic N) is 4. The molecule has 0 saturated heterocycles. The first-order valence-electron chi connectivity index (χ1n) is 17.9. The molecule has 3 heterocycles. The fourth-order valence-corrected chi connectivity index (χ4v) is 7.30. The molecule has 0 fully saturated rings. The van der Waals surface area contributed by atoms with Crippen LogP contribution in [0.5, 0.6) is 11.5 Å². The van der Waals surface area contributed by atoms with Crippen molar-refractivity contribution < 1.29 is 9.68 Å². The molecule has 5 aromatic carbocycles. The molecule has 0 N–H and O–H groups in total. The maximum atomic E-state index is 6.60. The van der Waals surface area contributed by atoms with Crippen LogP contribution in [-0.4, -0.2) is 15.1 Å². The van der Waals surface area contributed by atoms with Crippen LogP contribution in [0.25, 0.3) is 38.8 Å². The summed E-state index contributed by atoms with van der Waals surface area (Å²) >= 11 is 0. The van der Waals surface area contributed by atoms with Gasteiger partial charge in [0.05, 0.1) is 33.6 Å². The zero-order valence-electron chi connectivity index (χ0n) is 30.4. The zero-order chi connectivity index (χ0) is 35.4. The summed E-state index contributed by atoms with van der Waals surface area (Å²) in [5.74, 6) is 3.12. The molecule has 0 spiro atoms. The first-order chi connectivity index (χ1) is 24.6. The van der Waals surface area contributed by atoms with E-state index in [1.165, 1.54) is 27.6 Å². The van der Waals surface area contributed by atoms with Gasteiger partial charge in [-0.3, -0.25) is 4.57 Å². The SMILES string of the molecule is CC(C)c1cccc(C(C)C)c1-c1ccnc(-n2c3ccccc3c3ccc(Oc4cccc(N5ON(C(C)(C)C)c6ccccc65)c4)cc32)c1. The zero-order valence-corrected chi connectivity index (χ0v) is 30.4. The molecule has 0 amide bonds. The van der Waals surface area contributed by atoms with Crippen molar-refractivity contribution in [2.75, 3.05) is 10.1 Å². The average Bonchev–Trinajstić information content (AvgIpc) is 3.68. The van der Waals surface area contributed by atoms with Crippen molar-refractivity contribution in [1.82, 2.24) is 9.55 Å². The number of aromatic nitrogens is 2. The minimum atomic E-state index is -0.226. The molecule has 0 saturated carbocycles. The lowest BCUT2D eigenvalue weighted by molar-refractivity contribution is 0.0842. The number of fused-ring (bicyclic) bond motifs is 4. The average molecular weight is 673 g/mol. The van der Waals surface area contributed by atoms with E-state index in [1.54, 1.807) is 0 Å². The number of hydrogen-bond acceptors (Lipinski definition) is 5. The number of hydrogen-bond donors (Lipinski definition) is 0. The molecule has 0 radical (unpaired) electrons. The fraction of sp³-hybridized carbons (Fsp3) is 0.222. The second-order valence-corrected chi connectivity index (χ2v) is 15.0. The van der Waals surface area contributed by atoms with E-state index in [0.29, 0.717) is 11.8 Å². The van der Waals surface area contributed by atoms with E-state index in [9.17, 15) is 0 Å². The molecular formula is C45H44N4O2. The summed E-state index contributed by atoms with van der Waals surface area (Å²) in [5.41, 5.74) is 10.0. The lowest BCUT2D eigenvalue weighted by Crippen LogP contribution is -2.41. The van der Waals surface area contributed by atoms with Gasteiger partial charge in [-0.2, -0.15) is 5.06 Å². The van der Waals surface area contributed by atoms with Gasteiger partial charge in [-0.25, -0.2) is 10.0 Å². The van der Waals surface area contributed by atoms with Crippen LogP contribution in [0.15, 0.2) is 128 Å². The van der Waals surface area contributed by atoms with Crippen LogP contribution < -0.4 is 14.9 Å². The van der Waals surface area contributed by atoms with Crippen molar-refractivity contribution in [3.63, 3.8) is 0 Å². The smallest absolute Gasteiger partial charge is 0.138 e. The number of rotatable bonds is 7. The molecule has 6 heteroatoms. The Hall–Kier alpha value is -5.59. The Morgan fingerprint density at radius 3 is 2.04 bits per heavy atom. The van der Waals surface area contributed by atoms with Gasteiger partial charge in [0.1, 0.15) is 17.3 Å². The van der Waals surface area contributed by atoms with Gasteiger partial charge < -0.3 is 4.74 Å². The van der Waals surface area contributed by atoms with E-state index in [2.05, 4.69) is 132 Å². The third kappa shape index (κ3) is 5.79. The first kappa shape index (κ1) is 32.6. The molecule has 0 aliphatic carbocycles. The lowest BCUT2D eigenvalue weighted by atomic mass is 9.85. The predicted molar refractivity (Wildman–Crippen MR) is 211 cm³/mol. The topological polar surface area (TPSA) is 42.8 Å².